The smallest absolute Gasteiger partial charge is 0.232 e. The largest absolute Gasteiger partial charge is 0.264 e. The second-order valence-electron chi connectivity index (χ2n) is 2.84. The summed E-state index contributed by atoms with van der Waals surface area (Å²) in [6, 6.07) is -0.487. The Morgan fingerprint density at radius 3 is 3.33 bits per heavy atom. The van der Waals surface area contributed by atoms with Crippen molar-refractivity contribution in [2.45, 2.75) is 25.4 Å². The first kappa shape index (κ1) is 7.20. The summed E-state index contributed by atoms with van der Waals surface area (Å²) in [5, 5.41) is 14.3. The Bertz CT molecular complexity index is 308. The molecule has 0 N–H and O–H groups in total. The van der Waals surface area contributed by atoms with E-state index < -0.39 is 6.04 Å². The van der Waals surface area contributed by atoms with Crippen LogP contribution in [0.25, 0.3) is 0 Å². The Balaban J connectivity index is 2.20. The van der Waals surface area contributed by atoms with Crippen LogP contribution < -0.4 is 0 Å². The molecule has 6 nitrogen and oxygen atoms in total. The normalized spacial score (nSPS) is 21.8. The molecule has 64 valence electrons. The minimum absolute atomic E-state index is 0.245. The maximum Gasteiger partial charge on any atom is 0.232 e. The number of rotatable bonds is 1. The second kappa shape index (κ2) is 2.54. The molecule has 0 saturated heterocycles. The molecule has 0 aromatic carbocycles. The summed E-state index contributed by atoms with van der Waals surface area (Å²) in [7, 11) is 0. The zero-order chi connectivity index (χ0) is 8.55. The summed E-state index contributed by atoms with van der Waals surface area (Å²) in [6.07, 6.45) is 2.68. The molecule has 0 spiro atoms. The number of hydrogen-bond acceptors (Lipinski definition) is 4. The number of nitro groups is 1. The molecule has 0 fully saturated rings. The molecule has 0 bridgehead atoms. The van der Waals surface area contributed by atoms with E-state index in [1.54, 1.807) is 4.68 Å². The molecular formula is C6H8N4O2. The van der Waals surface area contributed by atoms with Crippen LogP contribution in [-0.2, 0) is 13.0 Å². The third-order valence-corrected chi connectivity index (χ3v) is 2.08. The quantitative estimate of drug-likeness (QED) is 0.432. The van der Waals surface area contributed by atoms with Gasteiger partial charge in [0.05, 0.1) is 0 Å². The summed E-state index contributed by atoms with van der Waals surface area (Å²) < 4.78 is 1.61. The SMILES string of the molecule is O=[N+]([O-])C1CCc2ncnn2C1. The van der Waals surface area contributed by atoms with Gasteiger partial charge in [0.2, 0.25) is 6.04 Å². The molecule has 0 saturated carbocycles. The van der Waals surface area contributed by atoms with Crippen LogP contribution in [0.4, 0.5) is 0 Å². The number of aryl methyl sites for hydroxylation is 1. The Morgan fingerprint density at radius 1 is 1.75 bits per heavy atom. The van der Waals surface area contributed by atoms with Crippen molar-refractivity contribution < 1.29 is 4.92 Å². The first-order chi connectivity index (χ1) is 5.77. The van der Waals surface area contributed by atoms with Gasteiger partial charge in [0.15, 0.2) is 0 Å². The highest BCUT2D eigenvalue weighted by molar-refractivity contribution is 4.90. The zero-order valence-corrected chi connectivity index (χ0v) is 6.38. The van der Waals surface area contributed by atoms with E-state index in [1.165, 1.54) is 6.33 Å². The van der Waals surface area contributed by atoms with Crippen LogP contribution in [0.2, 0.25) is 0 Å². The van der Waals surface area contributed by atoms with Crippen LogP contribution in [0, 0.1) is 10.1 Å². The van der Waals surface area contributed by atoms with E-state index >= 15 is 0 Å². The summed E-state index contributed by atoms with van der Waals surface area (Å²) in [5.41, 5.74) is 0. The van der Waals surface area contributed by atoms with Gasteiger partial charge < -0.3 is 0 Å². The summed E-state index contributed by atoms with van der Waals surface area (Å²) >= 11 is 0. The van der Waals surface area contributed by atoms with Gasteiger partial charge in [-0.25, -0.2) is 9.67 Å². The lowest BCUT2D eigenvalue weighted by Gasteiger charge is -2.15. The molecule has 6 heteroatoms. The lowest BCUT2D eigenvalue weighted by atomic mass is 10.1. The van der Waals surface area contributed by atoms with Gasteiger partial charge in [0, 0.05) is 17.8 Å². The van der Waals surface area contributed by atoms with Gasteiger partial charge in [0.1, 0.15) is 18.7 Å². The van der Waals surface area contributed by atoms with E-state index in [9.17, 15) is 10.1 Å². The third-order valence-electron chi connectivity index (χ3n) is 2.08. The Kier molecular flexibility index (Phi) is 1.53. The van der Waals surface area contributed by atoms with E-state index in [-0.39, 0.29) is 4.92 Å². The van der Waals surface area contributed by atoms with E-state index in [4.69, 9.17) is 0 Å². The molecule has 12 heavy (non-hydrogen) atoms. The van der Waals surface area contributed by atoms with Crippen molar-refractivity contribution in [3.05, 3.63) is 22.3 Å². The number of nitrogens with zero attached hydrogens (tertiary/aromatic N) is 4. The fourth-order valence-electron chi connectivity index (χ4n) is 1.39. The van der Waals surface area contributed by atoms with Crippen molar-refractivity contribution >= 4 is 0 Å². The maximum atomic E-state index is 10.4. The average Bonchev–Trinajstić information content (AvgIpc) is 2.49. The van der Waals surface area contributed by atoms with E-state index in [2.05, 4.69) is 10.1 Å². The lowest BCUT2D eigenvalue weighted by Crippen LogP contribution is -2.31. The lowest BCUT2D eigenvalue weighted by molar-refractivity contribution is -0.527. The molecule has 1 aliphatic heterocycles. The van der Waals surface area contributed by atoms with Crippen LogP contribution >= 0.6 is 0 Å². The molecule has 2 rings (SSSR count). The highest BCUT2D eigenvalue weighted by Gasteiger charge is 2.27. The summed E-state index contributed by atoms with van der Waals surface area (Å²) in [4.78, 5) is 14.2. The van der Waals surface area contributed by atoms with Crippen LogP contribution in [0.5, 0.6) is 0 Å². The van der Waals surface area contributed by atoms with Crippen molar-refractivity contribution in [3.8, 4) is 0 Å². The standard InChI is InChI=1S/C6H8N4O2/c11-10(12)5-1-2-6-7-4-8-9(6)3-5/h4-5H,1-3H2. The van der Waals surface area contributed by atoms with Crippen molar-refractivity contribution in [3.63, 3.8) is 0 Å². The number of hydrogen-bond donors (Lipinski definition) is 0. The zero-order valence-electron chi connectivity index (χ0n) is 6.38. The molecule has 1 aliphatic rings. The minimum Gasteiger partial charge on any atom is -0.264 e. The average molecular weight is 168 g/mol. The Hall–Kier alpha value is -1.46. The van der Waals surface area contributed by atoms with Crippen LogP contribution in [0.15, 0.2) is 6.33 Å². The van der Waals surface area contributed by atoms with Gasteiger partial charge in [-0.05, 0) is 0 Å². The maximum absolute atomic E-state index is 10.4. The molecule has 1 aromatic rings. The van der Waals surface area contributed by atoms with E-state index in [1.807, 2.05) is 0 Å². The van der Waals surface area contributed by atoms with E-state index in [0.717, 1.165) is 5.82 Å². The summed E-state index contributed by atoms with van der Waals surface area (Å²) in [6.45, 7) is 0.363. The van der Waals surface area contributed by atoms with Crippen molar-refractivity contribution in [2.24, 2.45) is 0 Å². The van der Waals surface area contributed by atoms with Gasteiger partial charge in [-0.3, -0.25) is 10.1 Å². The van der Waals surface area contributed by atoms with Crippen LogP contribution in [0.1, 0.15) is 12.2 Å². The van der Waals surface area contributed by atoms with E-state index in [0.29, 0.717) is 19.4 Å². The molecule has 0 aliphatic carbocycles. The first-order valence-corrected chi connectivity index (χ1v) is 3.77. The molecular weight excluding hydrogens is 160 g/mol. The minimum atomic E-state index is -0.487. The van der Waals surface area contributed by atoms with Crippen molar-refractivity contribution in [2.75, 3.05) is 0 Å². The first-order valence-electron chi connectivity index (χ1n) is 3.77. The molecule has 1 unspecified atom stereocenters. The fourth-order valence-corrected chi connectivity index (χ4v) is 1.39. The van der Waals surface area contributed by atoms with Gasteiger partial charge >= 0.3 is 0 Å². The highest BCUT2D eigenvalue weighted by atomic mass is 16.6. The number of aromatic nitrogens is 3. The Morgan fingerprint density at radius 2 is 2.58 bits per heavy atom. The van der Waals surface area contributed by atoms with Crippen LogP contribution in [-0.4, -0.2) is 25.7 Å². The number of fused-ring (bicyclic) bond motifs is 1. The Labute approximate surface area is 68.4 Å². The molecule has 1 aromatic heterocycles. The third kappa shape index (κ3) is 1.05. The highest BCUT2D eigenvalue weighted by Crippen LogP contribution is 2.12. The van der Waals surface area contributed by atoms with Gasteiger partial charge in [-0.2, -0.15) is 5.10 Å². The molecule has 0 radical (unpaired) electrons. The molecule has 2 heterocycles. The van der Waals surface area contributed by atoms with Crippen molar-refractivity contribution in [1.29, 1.82) is 0 Å². The summed E-state index contributed by atoms with van der Waals surface area (Å²) in [5.74, 6) is 0.855. The van der Waals surface area contributed by atoms with Crippen LogP contribution in [0.3, 0.4) is 0 Å². The van der Waals surface area contributed by atoms with Gasteiger partial charge in [-0.15, -0.1) is 0 Å². The fraction of sp³-hybridized carbons (Fsp3) is 0.667. The molecule has 0 amide bonds. The predicted molar refractivity (Wildman–Crippen MR) is 39.1 cm³/mol. The molecule has 1 atom stereocenters. The van der Waals surface area contributed by atoms with Gasteiger partial charge in [0.25, 0.3) is 0 Å². The van der Waals surface area contributed by atoms with Gasteiger partial charge in [-0.1, -0.05) is 0 Å². The second-order valence-corrected chi connectivity index (χ2v) is 2.84. The monoisotopic (exact) mass is 168 g/mol. The van der Waals surface area contributed by atoms with Crippen molar-refractivity contribution in [1.82, 2.24) is 14.8 Å². The predicted octanol–water partition coefficient (Wildman–Crippen LogP) is -0.130. The topological polar surface area (TPSA) is 73.8 Å².